The highest BCUT2D eigenvalue weighted by Gasteiger charge is 2.30. The summed E-state index contributed by atoms with van der Waals surface area (Å²) in [6.07, 6.45) is 3.62. The quantitative estimate of drug-likeness (QED) is 0.920. The lowest BCUT2D eigenvalue weighted by Gasteiger charge is -2.13. The van der Waals surface area contributed by atoms with E-state index in [1.165, 1.54) is 15.6 Å². The topological polar surface area (TPSA) is 43.1 Å². The highest BCUT2D eigenvalue weighted by Crippen LogP contribution is 2.30. The molecule has 2 unspecified atom stereocenters. The average Bonchev–Trinajstić information content (AvgIpc) is 2.97. The molecule has 1 fully saturated rings. The van der Waals surface area contributed by atoms with Crippen molar-refractivity contribution in [3.63, 3.8) is 0 Å². The molecule has 1 aliphatic rings. The van der Waals surface area contributed by atoms with Crippen molar-refractivity contribution in [2.45, 2.75) is 31.7 Å². The van der Waals surface area contributed by atoms with Crippen molar-refractivity contribution >= 4 is 27.2 Å². The van der Waals surface area contributed by atoms with Crippen LogP contribution in [0.25, 0.3) is 10.1 Å². The van der Waals surface area contributed by atoms with E-state index in [1.807, 2.05) is 12.1 Å². The Morgan fingerprint density at radius 1 is 1.33 bits per heavy atom. The molecule has 0 radical (unpaired) electrons. The fourth-order valence-corrected chi connectivity index (χ4v) is 3.84. The summed E-state index contributed by atoms with van der Waals surface area (Å²) in [5.74, 6) is 0.409. The summed E-state index contributed by atoms with van der Waals surface area (Å²) in [4.78, 5) is 12.3. The number of benzene rings is 1. The molecule has 94 valence electrons. The van der Waals surface area contributed by atoms with Gasteiger partial charge in [0.1, 0.15) is 5.78 Å². The van der Waals surface area contributed by atoms with E-state index in [2.05, 4.69) is 17.5 Å². The lowest BCUT2D eigenvalue weighted by Crippen LogP contribution is -2.31. The van der Waals surface area contributed by atoms with Crippen LogP contribution in [0, 0.1) is 5.92 Å². The Kier molecular flexibility index (Phi) is 3.18. The zero-order valence-corrected chi connectivity index (χ0v) is 11.1. The van der Waals surface area contributed by atoms with Gasteiger partial charge in [0, 0.05) is 23.1 Å². The molecular weight excluding hydrogens is 242 g/mol. The first-order valence-corrected chi connectivity index (χ1v) is 7.37. The first-order chi connectivity index (χ1) is 8.75. The van der Waals surface area contributed by atoms with Gasteiger partial charge in [0.15, 0.2) is 0 Å². The minimum Gasteiger partial charge on any atom is -0.327 e. The summed E-state index contributed by atoms with van der Waals surface area (Å²) < 4.78 is 1.26. The summed E-state index contributed by atoms with van der Waals surface area (Å²) in [5.41, 5.74) is 7.17. The third-order valence-electron chi connectivity index (χ3n) is 3.91. The lowest BCUT2D eigenvalue weighted by atomic mass is 9.94. The molecule has 0 amide bonds. The molecule has 2 nitrogen and oxygen atoms in total. The van der Waals surface area contributed by atoms with Crippen molar-refractivity contribution in [1.29, 1.82) is 0 Å². The summed E-state index contributed by atoms with van der Waals surface area (Å²) >= 11 is 1.72. The van der Waals surface area contributed by atoms with Crippen LogP contribution in [0.4, 0.5) is 0 Å². The number of ketones is 1. The highest BCUT2D eigenvalue weighted by molar-refractivity contribution is 7.17. The van der Waals surface area contributed by atoms with E-state index < -0.39 is 0 Å². The maximum absolute atomic E-state index is 12.3. The molecule has 2 atom stereocenters. The predicted octanol–water partition coefficient (Wildman–Crippen LogP) is 3.14. The summed E-state index contributed by atoms with van der Waals surface area (Å²) in [6, 6.07) is 8.36. The number of carbonyl (C=O) groups is 1. The zero-order chi connectivity index (χ0) is 12.5. The fourth-order valence-electron chi connectivity index (χ4n) is 2.88. The summed E-state index contributed by atoms with van der Waals surface area (Å²) in [6.45, 7) is 0. The second-order valence-electron chi connectivity index (χ2n) is 5.10. The van der Waals surface area contributed by atoms with E-state index in [0.29, 0.717) is 12.2 Å². The minimum atomic E-state index is 0.0856. The normalized spacial score (nSPS) is 23.6. The molecule has 0 aliphatic heterocycles. The van der Waals surface area contributed by atoms with Crippen molar-refractivity contribution in [3.8, 4) is 0 Å². The molecule has 1 heterocycles. The molecule has 1 aliphatic carbocycles. The molecule has 1 aromatic heterocycles. The van der Waals surface area contributed by atoms with Gasteiger partial charge in [0.25, 0.3) is 0 Å². The van der Waals surface area contributed by atoms with E-state index >= 15 is 0 Å². The van der Waals surface area contributed by atoms with Crippen LogP contribution in [-0.2, 0) is 11.2 Å². The van der Waals surface area contributed by atoms with Gasteiger partial charge >= 0.3 is 0 Å². The van der Waals surface area contributed by atoms with E-state index in [0.717, 1.165) is 19.3 Å². The van der Waals surface area contributed by atoms with Gasteiger partial charge in [-0.2, -0.15) is 0 Å². The maximum Gasteiger partial charge on any atom is 0.141 e. The third kappa shape index (κ3) is 2.08. The predicted molar refractivity (Wildman–Crippen MR) is 75.9 cm³/mol. The van der Waals surface area contributed by atoms with Crippen LogP contribution in [0.3, 0.4) is 0 Å². The summed E-state index contributed by atoms with van der Waals surface area (Å²) in [7, 11) is 0. The van der Waals surface area contributed by atoms with Crippen LogP contribution in [0.5, 0.6) is 0 Å². The van der Waals surface area contributed by atoms with Gasteiger partial charge < -0.3 is 5.73 Å². The fraction of sp³-hybridized carbons (Fsp3) is 0.400. The first kappa shape index (κ1) is 11.9. The minimum absolute atomic E-state index is 0.0856. The van der Waals surface area contributed by atoms with Crippen molar-refractivity contribution in [2.24, 2.45) is 11.7 Å². The molecular formula is C15H17NOS. The Morgan fingerprint density at radius 3 is 2.94 bits per heavy atom. The number of hydrogen-bond donors (Lipinski definition) is 1. The number of thiophene rings is 1. The standard InChI is InChI=1S/C15H17NOS/c16-13-6-3-5-12(13)14(17)8-10-9-18-15-7-2-1-4-11(10)15/h1-2,4,7,9,12-13H,3,5-6,8,16H2. The second-order valence-corrected chi connectivity index (χ2v) is 6.01. The number of hydrogen-bond acceptors (Lipinski definition) is 3. The van der Waals surface area contributed by atoms with Gasteiger partial charge in [-0.1, -0.05) is 24.6 Å². The molecule has 3 rings (SSSR count). The van der Waals surface area contributed by atoms with Gasteiger partial charge in [-0.25, -0.2) is 0 Å². The number of Topliss-reactive ketones (excluding diaryl/α,β-unsaturated/α-hetero) is 1. The van der Waals surface area contributed by atoms with Gasteiger partial charge in [-0.15, -0.1) is 11.3 Å². The Morgan fingerprint density at radius 2 is 2.17 bits per heavy atom. The van der Waals surface area contributed by atoms with Gasteiger partial charge in [-0.05, 0) is 35.2 Å². The lowest BCUT2D eigenvalue weighted by molar-refractivity contribution is -0.122. The largest absolute Gasteiger partial charge is 0.327 e. The number of nitrogens with two attached hydrogens (primary N) is 1. The van der Waals surface area contributed by atoms with Crippen LogP contribution in [0.15, 0.2) is 29.6 Å². The first-order valence-electron chi connectivity index (χ1n) is 6.49. The highest BCUT2D eigenvalue weighted by atomic mass is 32.1. The second kappa shape index (κ2) is 4.82. The van der Waals surface area contributed by atoms with E-state index in [9.17, 15) is 4.79 Å². The monoisotopic (exact) mass is 259 g/mol. The molecule has 0 bridgehead atoms. The van der Waals surface area contributed by atoms with Crippen molar-refractivity contribution < 1.29 is 4.79 Å². The molecule has 3 heteroatoms. The molecule has 0 spiro atoms. The molecule has 1 saturated carbocycles. The molecule has 2 N–H and O–H groups in total. The van der Waals surface area contributed by atoms with E-state index in [4.69, 9.17) is 5.73 Å². The van der Waals surface area contributed by atoms with E-state index in [-0.39, 0.29) is 12.0 Å². The molecule has 1 aromatic carbocycles. The van der Waals surface area contributed by atoms with E-state index in [1.54, 1.807) is 11.3 Å². The number of carbonyl (C=O) groups excluding carboxylic acids is 1. The van der Waals surface area contributed by atoms with Crippen LogP contribution >= 0.6 is 11.3 Å². The van der Waals surface area contributed by atoms with Crippen LogP contribution in [0.2, 0.25) is 0 Å². The Hall–Kier alpha value is -1.19. The Bertz CT molecular complexity index is 575. The number of rotatable bonds is 3. The Balaban J connectivity index is 1.82. The molecule has 2 aromatic rings. The van der Waals surface area contributed by atoms with Crippen molar-refractivity contribution in [1.82, 2.24) is 0 Å². The van der Waals surface area contributed by atoms with Crippen molar-refractivity contribution in [2.75, 3.05) is 0 Å². The molecule has 0 saturated heterocycles. The van der Waals surface area contributed by atoms with Crippen LogP contribution < -0.4 is 5.73 Å². The van der Waals surface area contributed by atoms with Crippen molar-refractivity contribution in [3.05, 3.63) is 35.2 Å². The summed E-state index contributed by atoms with van der Waals surface area (Å²) in [5, 5.41) is 3.34. The zero-order valence-electron chi connectivity index (χ0n) is 10.3. The Labute approximate surface area is 111 Å². The maximum atomic E-state index is 12.3. The van der Waals surface area contributed by atoms with Gasteiger partial charge in [0.05, 0.1) is 0 Å². The smallest absolute Gasteiger partial charge is 0.141 e. The van der Waals surface area contributed by atoms with Gasteiger partial charge in [0.2, 0.25) is 0 Å². The van der Waals surface area contributed by atoms with Crippen LogP contribution in [-0.4, -0.2) is 11.8 Å². The number of fused-ring (bicyclic) bond motifs is 1. The average molecular weight is 259 g/mol. The SMILES string of the molecule is NC1CCCC1C(=O)Cc1csc2ccccc12. The van der Waals surface area contributed by atoms with Gasteiger partial charge in [-0.3, -0.25) is 4.79 Å². The third-order valence-corrected chi connectivity index (χ3v) is 4.92. The van der Waals surface area contributed by atoms with Crippen LogP contribution in [0.1, 0.15) is 24.8 Å². The molecule has 18 heavy (non-hydrogen) atoms.